The summed E-state index contributed by atoms with van der Waals surface area (Å²) in [4.78, 5) is 25.1. The first-order chi connectivity index (χ1) is 10.1. The maximum Gasteiger partial charge on any atom is 0.303 e. The van der Waals surface area contributed by atoms with Crippen LogP contribution in [0.1, 0.15) is 51.9 Å². The molecule has 1 amide bonds. The van der Waals surface area contributed by atoms with Crippen LogP contribution in [-0.4, -0.2) is 39.9 Å². The maximum absolute atomic E-state index is 12.3. The quantitative estimate of drug-likeness (QED) is 0.747. The van der Waals surface area contributed by atoms with E-state index < -0.39 is 5.97 Å². The second-order valence-electron chi connectivity index (χ2n) is 6.14. The van der Waals surface area contributed by atoms with Crippen molar-refractivity contribution in [3.63, 3.8) is 0 Å². The summed E-state index contributed by atoms with van der Waals surface area (Å²) in [5.74, 6) is 0.706. The Morgan fingerprint density at radius 2 is 2.14 bits per heavy atom. The average molecular weight is 311 g/mol. The molecule has 0 aliphatic heterocycles. The molecule has 4 nitrogen and oxygen atoms in total. The summed E-state index contributed by atoms with van der Waals surface area (Å²) >= 11 is 1.60. The summed E-state index contributed by atoms with van der Waals surface area (Å²) in [6.45, 7) is 2.75. The standard InChI is InChI=1S/C16H25NO3S/c1-2-17(13-6-4-3-5-7-13)14(18)11-21-12-16(8-9-16)10-15(19)20/h6H,2-5,7-12H2,1H3,(H,19,20). The third-order valence-electron chi connectivity index (χ3n) is 4.35. The number of hydrogen-bond donors (Lipinski definition) is 1. The summed E-state index contributed by atoms with van der Waals surface area (Å²) in [6.07, 6.45) is 8.90. The van der Waals surface area contributed by atoms with Crippen molar-refractivity contribution in [2.24, 2.45) is 5.41 Å². The number of thioether (sulfide) groups is 1. The molecule has 0 unspecified atom stereocenters. The fourth-order valence-electron chi connectivity index (χ4n) is 2.91. The van der Waals surface area contributed by atoms with Crippen molar-refractivity contribution < 1.29 is 14.7 Å². The number of aliphatic carboxylic acids is 1. The molecule has 0 aromatic heterocycles. The van der Waals surface area contributed by atoms with Gasteiger partial charge in [-0.2, -0.15) is 11.8 Å². The largest absolute Gasteiger partial charge is 0.481 e. The first-order valence-corrected chi connectivity index (χ1v) is 9.01. The zero-order valence-electron chi connectivity index (χ0n) is 12.8. The smallest absolute Gasteiger partial charge is 0.303 e. The normalized spacial score (nSPS) is 19.8. The highest BCUT2D eigenvalue weighted by Crippen LogP contribution is 2.51. The van der Waals surface area contributed by atoms with E-state index in [-0.39, 0.29) is 17.7 Å². The van der Waals surface area contributed by atoms with Crippen LogP contribution in [0.3, 0.4) is 0 Å². The Morgan fingerprint density at radius 3 is 2.67 bits per heavy atom. The molecule has 0 radical (unpaired) electrons. The van der Waals surface area contributed by atoms with Gasteiger partial charge in [0.15, 0.2) is 0 Å². The van der Waals surface area contributed by atoms with Gasteiger partial charge in [0.05, 0.1) is 12.2 Å². The zero-order chi connectivity index (χ0) is 15.3. The van der Waals surface area contributed by atoms with E-state index in [0.717, 1.165) is 38.0 Å². The molecule has 0 spiro atoms. The molecule has 0 saturated heterocycles. The number of carboxylic acid groups (broad SMARTS) is 1. The summed E-state index contributed by atoms with van der Waals surface area (Å²) in [5, 5.41) is 8.90. The number of rotatable bonds is 8. The van der Waals surface area contributed by atoms with Gasteiger partial charge in [-0.15, -0.1) is 0 Å². The van der Waals surface area contributed by atoms with Crippen LogP contribution >= 0.6 is 11.8 Å². The fraction of sp³-hybridized carbons (Fsp3) is 0.750. The molecule has 1 N–H and O–H groups in total. The zero-order valence-corrected chi connectivity index (χ0v) is 13.6. The van der Waals surface area contributed by atoms with Crippen molar-refractivity contribution in [3.8, 4) is 0 Å². The van der Waals surface area contributed by atoms with Crippen LogP contribution in [-0.2, 0) is 9.59 Å². The van der Waals surface area contributed by atoms with E-state index >= 15 is 0 Å². The number of carbonyl (C=O) groups excluding carboxylic acids is 1. The van der Waals surface area contributed by atoms with Gasteiger partial charge < -0.3 is 10.0 Å². The first kappa shape index (κ1) is 16.4. The minimum Gasteiger partial charge on any atom is -0.481 e. The van der Waals surface area contributed by atoms with E-state index in [1.54, 1.807) is 11.8 Å². The van der Waals surface area contributed by atoms with Crippen molar-refractivity contribution in [2.75, 3.05) is 18.1 Å². The molecule has 0 heterocycles. The molecule has 2 aliphatic rings. The molecule has 1 saturated carbocycles. The Labute approximate surface area is 131 Å². The number of carboxylic acids is 1. The molecular weight excluding hydrogens is 286 g/mol. The number of hydrogen-bond acceptors (Lipinski definition) is 3. The van der Waals surface area contributed by atoms with Gasteiger partial charge >= 0.3 is 5.97 Å². The molecule has 21 heavy (non-hydrogen) atoms. The van der Waals surface area contributed by atoms with Crippen LogP contribution in [0.25, 0.3) is 0 Å². The van der Waals surface area contributed by atoms with Crippen molar-refractivity contribution in [2.45, 2.75) is 51.9 Å². The summed E-state index contributed by atoms with van der Waals surface area (Å²) in [7, 11) is 0. The molecule has 0 aromatic carbocycles. The van der Waals surface area contributed by atoms with E-state index in [9.17, 15) is 9.59 Å². The van der Waals surface area contributed by atoms with E-state index in [1.807, 2.05) is 11.8 Å². The third kappa shape index (κ3) is 4.77. The highest BCUT2D eigenvalue weighted by molar-refractivity contribution is 7.99. The van der Waals surface area contributed by atoms with Crippen molar-refractivity contribution in [1.82, 2.24) is 4.90 Å². The Balaban J connectivity index is 1.78. The minimum atomic E-state index is -0.720. The molecule has 2 rings (SSSR count). The Morgan fingerprint density at radius 1 is 1.38 bits per heavy atom. The van der Waals surface area contributed by atoms with Crippen LogP contribution in [0.5, 0.6) is 0 Å². The Hall–Kier alpha value is -0.970. The van der Waals surface area contributed by atoms with E-state index in [0.29, 0.717) is 5.75 Å². The summed E-state index contributed by atoms with van der Waals surface area (Å²) < 4.78 is 0. The number of carbonyl (C=O) groups is 2. The number of allylic oxidation sites excluding steroid dienone is 2. The topological polar surface area (TPSA) is 57.6 Å². The van der Waals surface area contributed by atoms with Crippen LogP contribution in [0, 0.1) is 5.41 Å². The van der Waals surface area contributed by atoms with E-state index in [1.165, 1.54) is 18.5 Å². The van der Waals surface area contributed by atoms with Crippen molar-refractivity contribution in [3.05, 3.63) is 11.8 Å². The lowest BCUT2D eigenvalue weighted by molar-refractivity contribution is -0.138. The van der Waals surface area contributed by atoms with Gasteiger partial charge in [0, 0.05) is 12.2 Å². The van der Waals surface area contributed by atoms with Crippen LogP contribution in [0.15, 0.2) is 11.8 Å². The number of amides is 1. The first-order valence-electron chi connectivity index (χ1n) is 7.85. The molecule has 0 aromatic rings. The molecule has 2 aliphatic carbocycles. The monoisotopic (exact) mass is 311 g/mol. The van der Waals surface area contributed by atoms with Gasteiger partial charge in [0.1, 0.15) is 0 Å². The van der Waals surface area contributed by atoms with E-state index in [2.05, 4.69) is 6.08 Å². The molecule has 0 atom stereocenters. The predicted molar refractivity (Wildman–Crippen MR) is 85.2 cm³/mol. The number of nitrogens with zero attached hydrogens (tertiary/aromatic N) is 1. The molecule has 5 heteroatoms. The molecule has 1 fully saturated rings. The van der Waals surface area contributed by atoms with Gasteiger partial charge in [-0.05, 0) is 56.6 Å². The Kier molecular flexibility index (Phi) is 5.73. The molecule has 0 bridgehead atoms. The van der Waals surface area contributed by atoms with Gasteiger partial charge in [-0.25, -0.2) is 0 Å². The second kappa shape index (κ2) is 7.34. The summed E-state index contributed by atoms with van der Waals surface area (Å²) in [5.41, 5.74) is 1.15. The Bertz CT molecular complexity index is 429. The fourth-order valence-corrected chi connectivity index (χ4v) is 4.16. The highest BCUT2D eigenvalue weighted by atomic mass is 32.2. The lowest BCUT2D eigenvalue weighted by atomic mass is 10.0. The molecule has 118 valence electrons. The van der Waals surface area contributed by atoms with Gasteiger partial charge in [-0.1, -0.05) is 6.08 Å². The predicted octanol–water partition coefficient (Wildman–Crippen LogP) is 3.28. The van der Waals surface area contributed by atoms with Crippen LogP contribution in [0.4, 0.5) is 0 Å². The second-order valence-corrected chi connectivity index (χ2v) is 7.13. The lowest BCUT2D eigenvalue weighted by Crippen LogP contribution is -2.32. The maximum atomic E-state index is 12.3. The van der Waals surface area contributed by atoms with E-state index in [4.69, 9.17) is 5.11 Å². The van der Waals surface area contributed by atoms with Crippen molar-refractivity contribution >= 4 is 23.6 Å². The summed E-state index contributed by atoms with van der Waals surface area (Å²) in [6, 6.07) is 0. The highest BCUT2D eigenvalue weighted by Gasteiger charge is 2.44. The SMILES string of the molecule is CCN(C(=O)CSCC1(CC(=O)O)CC1)C1=CCCCC1. The molecular formula is C16H25NO3S. The average Bonchev–Trinajstić information content (AvgIpc) is 3.19. The lowest BCUT2D eigenvalue weighted by Gasteiger charge is -2.26. The van der Waals surface area contributed by atoms with Gasteiger partial charge in [0.25, 0.3) is 0 Å². The van der Waals surface area contributed by atoms with Crippen molar-refractivity contribution in [1.29, 1.82) is 0 Å². The third-order valence-corrected chi connectivity index (χ3v) is 5.62. The van der Waals surface area contributed by atoms with Gasteiger partial charge in [-0.3, -0.25) is 9.59 Å². The van der Waals surface area contributed by atoms with Crippen LogP contribution < -0.4 is 0 Å². The van der Waals surface area contributed by atoms with Gasteiger partial charge in [0.2, 0.25) is 5.91 Å². The van der Waals surface area contributed by atoms with Crippen LogP contribution in [0.2, 0.25) is 0 Å². The minimum absolute atomic E-state index is 0.0298.